The molecule has 180 valence electrons. The second-order valence-electron chi connectivity index (χ2n) is 8.53. The van der Waals surface area contributed by atoms with Crippen LogP contribution in [0.25, 0.3) is 22.2 Å². The predicted octanol–water partition coefficient (Wildman–Crippen LogP) is 4.06. The lowest BCUT2D eigenvalue weighted by molar-refractivity contribution is 0.103. The van der Waals surface area contributed by atoms with E-state index < -0.39 is 10.1 Å². The van der Waals surface area contributed by atoms with Gasteiger partial charge in [0.15, 0.2) is 11.5 Å². The maximum atomic E-state index is 13.6. The van der Waals surface area contributed by atoms with E-state index in [4.69, 9.17) is 9.28 Å². The van der Waals surface area contributed by atoms with Gasteiger partial charge in [0.2, 0.25) is 0 Å². The molecule has 0 fully saturated rings. The summed E-state index contributed by atoms with van der Waals surface area (Å²) in [7, 11) is -4.14. The van der Waals surface area contributed by atoms with Gasteiger partial charge in [-0.05, 0) is 50.3 Å². The molecule has 4 aromatic rings. The minimum atomic E-state index is -4.14. The van der Waals surface area contributed by atoms with Gasteiger partial charge in [0.05, 0.1) is 23.2 Å². The standard InChI is InChI=1S/C26H26N4O4S/c1-4-29(5-2)14-15-30-21-10-11-22(34-35(32,33)18-8-6-17(3)7-9-18)24-23(21)25(28-30)19-12-13-27-16-20(19)26(24)31/h6-13,16H,4-5,14-15H2,1-3H3. The van der Waals surface area contributed by atoms with Crippen molar-refractivity contribution >= 4 is 26.8 Å². The fourth-order valence-corrected chi connectivity index (χ4v) is 5.41. The minimum absolute atomic E-state index is 0.0119. The first-order valence-electron chi connectivity index (χ1n) is 11.6. The number of likely N-dealkylation sites (N-methyl/N-ethyl adjacent to an activating group) is 1. The summed E-state index contributed by atoms with van der Waals surface area (Å²) in [6.45, 7) is 9.39. The van der Waals surface area contributed by atoms with E-state index in [0.29, 0.717) is 28.8 Å². The molecule has 0 N–H and O–H groups in total. The molecule has 0 saturated carbocycles. The Labute approximate surface area is 204 Å². The second kappa shape index (κ2) is 8.90. The Morgan fingerprint density at radius 3 is 2.46 bits per heavy atom. The van der Waals surface area contributed by atoms with Crippen LogP contribution in [0.1, 0.15) is 35.3 Å². The SMILES string of the molecule is CCN(CC)CCn1nc2c3c(c(OS(=O)(=O)c4ccc(C)cc4)ccc31)C(=O)c1cnccc1-2. The summed E-state index contributed by atoms with van der Waals surface area (Å²) >= 11 is 0. The zero-order valence-corrected chi connectivity index (χ0v) is 20.7. The van der Waals surface area contributed by atoms with Gasteiger partial charge < -0.3 is 9.08 Å². The zero-order valence-electron chi connectivity index (χ0n) is 19.9. The Kier molecular flexibility index (Phi) is 5.90. The minimum Gasteiger partial charge on any atom is -0.378 e. The molecule has 0 atom stereocenters. The first kappa shape index (κ1) is 23.2. The Morgan fingerprint density at radius 1 is 1.00 bits per heavy atom. The molecule has 0 saturated heterocycles. The van der Waals surface area contributed by atoms with Gasteiger partial charge in [0.25, 0.3) is 0 Å². The van der Waals surface area contributed by atoms with Crippen LogP contribution in [-0.2, 0) is 16.7 Å². The van der Waals surface area contributed by atoms with E-state index in [2.05, 4.69) is 23.7 Å². The summed E-state index contributed by atoms with van der Waals surface area (Å²) in [5.41, 5.74) is 3.58. The molecule has 1 aliphatic rings. The summed E-state index contributed by atoms with van der Waals surface area (Å²) in [6, 6.07) is 11.5. The number of rotatable bonds is 8. The molecule has 0 unspecified atom stereocenters. The lowest BCUT2D eigenvalue weighted by Gasteiger charge is -2.18. The molecule has 2 heterocycles. The highest BCUT2D eigenvalue weighted by molar-refractivity contribution is 7.87. The molecule has 9 heteroatoms. The van der Waals surface area contributed by atoms with Gasteiger partial charge in [-0.15, -0.1) is 0 Å². The fraction of sp³-hybridized carbons (Fsp3) is 0.269. The third-order valence-electron chi connectivity index (χ3n) is 6.46. The Balaban J connectivity index is 1.65. The number of carbonyl (C=O) groups is 1. The van der Waals surface area contributed by atoms with Crippen LogP contribution in [-0.4, -0.2) is 53.5 Å². The van der Waals surface area contributed by atoms with Crippen molar-refractivity contribution in [2.24, 2.45) is 0 Å². The number of hydrogen-bond acceptors (Lipinski definition) is 7. The van der Waals surface area contributed by atoms with Crippen LogP contribution in [0.5, 0.6) is 5.75 Å². The lowest BCUT2D eigenvalue weighted by Crippen LogP contribution is -2.27. The number of aryl methyl sites for hydroxylation is 1. The van der Waals surface area contributed by atoms with Gasteiger partial charge in [-0.3, -0.25) is 14.5 Å². The van der Waals surface area contributed by atoms with Crippen molar-refractivity contribution in [2.45, 2.75) is 32.2 Å². The predicted molar refractivity (Wildman–Crippen MR) is 133 cm³/mol. The van der Waals surface area contributed by atoms with E-state index in [0.717, 1.165) is 30.7 Å². The van der Waals surface area contributed by atoms with E-state index in [-0.39, 0.29) is 22.0 Å². The molecule has 2 aromatic heterocycles. The second-order valence-corrected chi connectivity index (χ2v) is 10.1. The maximum absolute atomic E-state index is 13.6. The Morgan fingerprint density at radius 2 is 1.74 bits per heavy atom. The van der Waals surface area contributed by atoms with Gasteiger partial charge >= 0.3 is 10.1 Å². The quantitative estimate of drug-likeness (QED) is 0.303. The van der Waals surface area contributed by atoms with Crippen LogP contribution in [0.2, 0.25) is 0 Å². The van der Waals surface area contributed by atoms with Crippen molar-refractivity contribution in [1.82, 2.24) is 19.7 Å². The number of ketones is 1. The van der Waals surface area contributed by atoms with Crippen molar-refractivity contribution in [2.75, 3.05) is 19.6 Å². The van der Waals surface area contributed by atoms with Crippen LogP contribution in [0.15, 0.2) is 59.8 Å². The molecule has 0 spiro atoms. The zero-order chi connectivity index (χ0) is 24.7. The van der Waals surface area contributed by atoms with Crippen molar-refractivity contribution in [1.29, 1.82) is 0 Å². The summed E-state index contributed by atoms with van der Waals surface area (Å²) in [6.07, 6.45) is 3.12. The molecule has 0 bridgehead atoms. The first-order valence-corrected chi connectivity index (χ1v) is 13.0. The van der Waals surface area contributed by atoms with Gasteiger partial charge in [-0.1, -0.05) is 31.5 Å². The van der Waals surface area contributed by atoms with Crippen LogP contribution < -0.4 is 4.18 Å². The smallest absolute Gasteiger partial charge is 0.339 e. The van der Waals surface area contributed by atoms with Gasteiger partial charge in [-0.25, -0.2) is 0 Å². The Hall–Kier alpha value is -3.56. The van der Waals surface area contributed by atoms with Crippen molar-refractivity contribution in [3.05, 3.63) is 71.5 Å². The fourth-order valence-electron chi connectivity index (χ4n) is 4.47. The third-order valence-corrected chi connectivity index (χ3v) is 7.71. The van der Waals surface area contributed by atoms with Gasteiger partial charge in [0, 0.05) is 29.9 Å². The van der Waals surface area contributed by atoms with Crippen molar-refractivity contribution in [3.63, 3.8) is 0 Å². The largest absolute Gasteiger partial charge is 0.378 e. The third kappa shape index (κ3) is 4.00. The van der Waals surface area contributed by atoms with Gasteiger partial charge in [-0.2, -0.15) is 13.5 Å². The molecule has 0 radical (unpaired) electrons. The van der Waals surface area contributed by atoms with E-state index in [1.165, 1.54) is 18.3 Å². The number of aromatic nitrogens is 3. The number of hydrogen-bond donors (Lipinski definition) is 0. The number of carbonyl (C=O) groups excluding carboxylic acids is 1. The van der Waals surface area contributed by atoms with Crippen LogP contribution in [0, 0.1) is 6.92 Å². The molecule has 0 amide bonds. The number of benzene rings is 2. The van der Waals surface area contributed by atoms with Crippen molar-refractivity contribution < 1.29 is 17.4 Å². The molecule has 2 aromatic carbocycles. The van der Waals surface area contributed by atoms with E-state index in [1.54, 1.807) is 36.5 Å². The maximum Gasteiger partial charge on any atom is 0.339 e. The average molecular weight is 491 g/mol. The highest BCUT2D eigenvalue weighted by Crippen LogP contribution is 2.43. The molecule has 35 heavy (non-hydrogen) atoms. The molecule has 0 aliphatic heterocycles. The summed E-state index contributed by atoms with van der Waals surface area (Å²) in [5, 5.41) is 5.45. The molecule has 5 rings (SSSR count). The highest BCUT2D eigenvalue weighted by Gasteiger charge is 2.33. The normalized spacial score (nSPS) is 12.9. The number of fused-ring (bicyclic) bond motifs is 2. The van der Waals surface area contributed by atoms with E-state index in [9.17, 15) is 13.2 Å². The summed E-state index contributed by atoms with van der Waals surface area (Å²) in [4.78, 5) is 20.0. The topological polar surface area (TPSA) is 94.4 Å². The first-order chi connectivity index (χ1) is 16.8. The average Bonchev–Trinajstić information content (AvgIpc) is 3.23. The number of pyridine rings is 1. The van der Waals surface area contributed by atoms with Crippen molar-refractivity contribution in [3.8, 4) is 17.0 Å². The summed E-state index contributed by atoms with van der Waals surface area (Å²) in [5.74, 6) is -0.342. The van der Waals surface area contributed by atoms with Crippen LogP contribution >= 0.6 is 0 Å². The van der Waals surface area contributed by atoms with E-state index >= 15 is 0 Å². The van der Waals surface area contributed by atoms with Crippen LogP contribution in [0.4, 0.5) is 0 Å². The lowest BCUT2D eigenvalue weighted by atomic mass is 9.88. The molecular formula is C26H26N4O4S. The number of nitrogens with zero attached hydrogens (tertiary/aromatic N) is 4. The summed E-state index contributed by atoms with van der Waals surface area (Å²) < 4.78 is 33.5. The highest BCUT2D eigenvalue weighted by atomic mass is 32.2. The van der Waals surface area contributed by atoms with E-state index in [1.807, 2.05) is 11.6 Å². The monoisotopic (exact) mass is 490 g/mol. The molecule has 1 aliphatic carbocycles. The van der Waals surface area contributed by atoms with Gasteiger partial charge in [0.1, 0.15) is 10.6 Å². The molecule has 8 nitrogen and oxygen atoms in total. The molecular weight excluding hydrogens is 464 g/mol. The van der Waals surface area contributed by atoms with Crippen LogP contribution in [0.3, 0.4) is 0 Å². The Bertz CT molecular complexity index is 1540.